The van der Waals surface area contributed by atoms with Crippen LogP contribution >= 0.6 is 0 Å². The van der Waals surface area contributed by atoms with Crippen LogP contribution in [-0.4, -0.2) is 15.2 Å². The zero-order chi connectivity index (χ0) is 9.26. The largest absolute Gasteiger partial charge is 0.593 e. The van der Waals surface area contributed by atoms with Gasteiger partial charge in [-0.15, -0.1) is 0 Å². The van der Waals surface area contributed by atoms with Crippen molar-refractivity contribution >= 4 is 0 Å². The van der Waals surface area contributed by atoms with Gasteiger partial charge in [0.15, 0.2) is 0 Å². The summed E-state index contributed by atoms with van der Waals surface area (Å²) in [5, 5.41) is 11.2. The summed E-state index contributed by atoms with van der Waals surface area (Å²) in [6.45, 7) is 1.74. The first-order valence-electron chi connectivity index (χ1n) is 3.88. The van der Waals surface area contributed by atoms with Gasteiger partial charge < -0.3 is 9.63 Å². The molecule has 4 heteroatoms. The molecule has 0 fully saturated rings. The second-order valence-corrected chi connectivity index (χ2v) is 2.72. The average molecular weight is 177 g/mol. The highest BCUT2D eigenvalue weighted by Gasteiger charge is 2.06. The van der Waals surface area contributed by atoms with Gasteiger partial charge in [-0.2, -0.15) is 4.98 Å². The number of hydrogen-bond acceptors (Lipinski definition) is 3. The maximum Gasteiger partial charge on any atom is 0.254 e. The van der Waals surface area contributed by atoms with Crippen LogP contribution in [0.4, 0.5) is 0 Å². The van der Waals surface area contributed by atoms with Crippen molar-refractivity contribution < 1.29 is 9.63 Å². The van der Waals surface area contributed by atoms with Crippen molar-refractivity contribution in [2.45, 2.75) is 6.92 Å². The fourth-order valence-electron chi connectivity index (χ4n) is 1.07. The van der Waals surface area contributed by atoms with Gasteiger partial charge in [-0.25, -0.2) is 0 Å². The lowest BCUT2D eigenvalue weighted by Gasteiger charge is -1.91. The predicted molar refractivity (Wildman–Crippen MR) is 47.5 cm³/mol. The first-order chi connectivity index (χ1) is 6.25. The molecular weight excluding hydrogens is 168 g/mol. The van der Waals surface area contributed by atoms with Gasteiger partial charge >= 0.3 is 0 Å². The Labute approximate surface area is 74.8 Å². The molecule has 2 N–H and O–H groups in total. The van der Waals surface area contributed by atoms with Gasteiger partial charge in [0.1, 0.15) is 0 Å². The quantitative estimate of drug-likeness (QED) is 0.620. The summed E-state index contributed by atoms with van der Waals surface area (Å²) < 4.78 is 4.84. The van der Waals surface area contributed by atoms with Gasteiger partial charge in [-0.3, -0.25) is 0 Å². The van der Waals surface area contributed by atoms with Gasteiger partial charge in [0.2, 0.25) is 11.7 Å². The Balaban J connectivity index is 2.46. The molecule has 0 unspecified atom stereocenters. The van der Waals surface area contributed by atoms with Crippen molar-refractivity contribution in [2.75, 3.05) is 0 Å². The van der Waals surface area contributed by atoms with Crippen LogP contribution in [0.1, 0.15) is 5.89 Å². The molecule has 13 heavy (non-hydrogen) atoms. The third kappa shape index (κ3) is 1.51. The summed E-state index contributed by atoms with van der Waals surface area (Å²) in [4.78, 5) is 4.06. The molecule has 0 aliphatic carbocycles. The van der Waals surface area contributed by atoms with E-state index in [1.165, 1.54) is 0 Å². The Bertz CT molecular complexity index is 423. The molecule has 0 bridgehead atoms. The molecule has 0 amide bonds. The van der Waals surface area contributed by atoms with Crippen LogP contribution in [0.2, 0.25) is 0 Å². The first kappa shape index (κ1) is 7.79. The summed E-state index contributed by atoms with van der Waals surface area (Å²) in [5.41, 5.74) is 0.810. The Morgan fingerprint density at radius 3 is 2.85 bits per heavy atom. The van der Waals surface area contributed by atoms with E-state index >= 15 is 0 Å². The summed E-state index contributed by atoms with van der Waals surface area (Å²) in [7, 11) is 0. The number of rotatable bonds is 1. The lowest BCUT2D eigenvalue weighted by atomic mass is 10.2. The molecule has 0 aliphatic heterocycles. The summed E-state index contributed by atoms with van der Waals surface area (Å²) >= 11 is 0. The maximum atomic E-state index is 7.41. The van der Waals surface area contributed by atoms with E-state index in [2.05, 4.69) is 10.1 Å². The third-order valence-corrected chi connectivity index (χ3v) is 1.65. The molecule has 1 heterocycles. The molecule has 0 radical (unpaired) electrons. The van der Waals surface area contributed by atoms with Crippen LogP contribution in [0, 0.1) is 6.92 Å². The highest BCUT2D eigenvalue weighted by Crippen LogP contribution is 2.19. The summed E-state index contributed by atoms with van der Waals surface area (Å²) in [5.74, 6) is 1.51. The summed E-state index contributed by atoms with van der Waals surface area (Å²) in [6.07, 6.45) is 0. The molecule has 0 spiro atoms. The van der Waals surface area contributed by atoms with E-state index in [9.17, 15) is 0 Å². The molecule has 4 nitrogen and oxygen atoms in total. The SMILES string of the molecule is Cc1nc(-c2cccc([OH2+])c2)no1. The Kier molecular flexibility index (Phi) is 1.73. The third-order valence-electron chi connectivity index (χ3n) is 1.65. The zero-order valence-corrected chi connectivity index (χ0v) is 7.11. The van der Waals surface area contributed by atoms with Crippen LogP contribution in [-0.2, 0) is 0 Å². The molecule has 0 aliphatic rings. The second-order valence-electron chi connectivity index (χ2n) is 2.72. The monoisotopic (exact) mass is 177 g/mol. The van der Waals surface area contributed by atoms with Crippen molar-refractivity contribution in [3.63, 3.8) is 0 Å². The number of nitrogens with zero attached hydrogens (tertiary/aromatic N) is 2. The standard InChI is InChI=1S/C9H8N2O2/c1-6-10-9(11-13-6)7-3-2-4-8(12)5-7/h2-5,12H,1H3/p+1. The van der Waals surface area contributed by atoms with Crippen molar-refractivity contribution in [1.82, 2.24) is 10.1 Å². The lowest BCUT2D eigenvalue weighted by Crippen LogP contribution is -1.79. The smallest absolute Gasteiger partial charge is 0.254 e. The first-order valence-corrected chi connectivity index (χ1v) is 3.88. The lowest BCUT2D eigenvalue weighted by molar-refractivity contribution is 0.394. The minimum atomic E-state index is 0.444. The fourth-order valence-corrected chi connectivity index (χ4v) is 1.07. The number of aryl methyl sites for hydroxylation is 1. The van der Waals surface area contributed by atoms with E-state index in [-0.39, 0.29) is 0 Å². The van der Waals surface area contributed by atoms with Gasteiger partial charge in [0.05, 0.1) is 0 Å². The van der Waals surface area contributed by atoms with E-state index in [1.807, 2.05) is 6.07 Å². The molecule has 0 atom stereocenters. The Hall–Kier alpha value is -1.84. The Morgan fingerprint density at radius 2 is 2.23 bits per heavy atom. The predicted octanol–water partition coefficient (Wildman–Crippen LogP) is 1.48. The molecule has 66 valence electrons. The Morgan fingerprint density at radius 1 is 1.38 bits per heavy atom. The molecule has 0 saturated carbocycles. The van der Waals surface area contributed by atoms with Crippen molar-refractivity contribution in [2.24, 2.45) is 0 Å². The van der Waals surface area contributed by atoms with Gasteiger partial charge in [0, 0.05) is 24.6 Å². The van der Waals surface area contributed by atoms with Gasteiger partial charge in [-0.05, 0) is 0 Å². The molecule has 0 saturated heterocycles. The fraction of sp³-hybridized carbons (Fsp3) is 0.111. The van der Waals surface area contributed by atoms with E-state index in [0.29, 0.717) is 17.5 Å². The molecule has 2 rings (SSSR count). The van der Waals surface area contributed by atoms with Crippen molar-refractivity contribution in [1.29, 1.82) is 0 Å². The molecular formula is C9H9N2O2+. The van der Waals surface area contributed by atoms with Crippen molar-refractivity contribution in [3.8, 4) is 17.1 Å². The normalized spacial score (nSPS) is 10.2. The highest BCUT2D eigenvalue weighted by atomic mass is 16.5. The van der Waals surface area contributed by atoms with Crippen LogP contribution < -0.4 is 0 Å². The van der Waals surface area contributed by atoms with E-state index < -0.39 is 0 Å². The van der Waals surface area contributed by atoms with E-state index in [4.69, 9.17) is 9.63 Å². The van der Waals surface area contributed by atoms with Crippen LogP contribution in [0.5, 0.6) is 5.75 Å². The molecule has 1 aromatic carbocycles. The van der Waals surface area contributed by atoms with E-state index in [1.54, 1.807) is 25.1 Å². The number of benzene rings is 1. The number of aromatic nitrogens is 2. The zero-order valence-electron chi connectivity index (χ0n) is 7.11. The highest BCUT2D eigenvalue weighted by molar-refractivity contribution is 5.56. The topological polar surface area (TPSA) is 61.8 Å². The minimum absolute atomic E-state index is 0.444. The van der Waals surface area contributed by atoms with E-state index in [0.717, 1.165) is 5.56 Å². The summed E-state index contributed by atoms with van der Waals surface area (Å²) in [6, 6.07) is 7.05. The maximum absolute atomic E-state index is 7.41. The van der Waals surface area contributed by atoms with Crippen molar-refractivity contribution in [3.05, 3.63) is 30.2 Å². The van der Waals surface area contributed by atoms with Crippen LogP contribution in [0.25, 0.3) is 11.4 Å². The van der Waals surface area contributed by atoms with Crippen LogP contribution in [0.15, 0.2) is 28.8 Å². The minimum Gasteiger partial charge on any atom is -0.593 e. The average Bonchev–Trinajstić information content (AvgIpc) is 2.52. The van der Waals surface area contributed by atoms with Gasteiger partial charge in [-0.1, -0.05) is 17.3 Å². The molecule has 2 aromatic rings. The number of hydrogen-bond donors (Lipinski definition) is 0. The van der Waals surface area contributed by atoms with Gasteiger partial charge in [0.25, 0.3) is 5.75 Å². The second kappa shape index (κ2) is 2.90. The molecule has 1 aromatic heterocycles. The van der Waals surface area contributed by atoms with Crippen LogP contribution in [0.3, 0.4) is 0 Å².